The highest BCUT2D eigenvalue weighted by Gasteiger charge is 2.57. The van der Waals surface area contributed by atoms with Crippen LogP contribution in [-0.4, -0.2) is 41.1 Å². The standard InChI is InChI=1S/C10H20O6S2/c1-5-9-7-10(9,16-18(4,13)14)6-8(2)15-17(3,11)12/h8-9H,5-7H2,1-4H3/t8?,9-,10-/m1/s1. The van der Waals surface area contributed by atoms with Gasteiger partial charge in [-0.3, -0.25) is 8.37 Å². The highest BCUT2D eigenvalue weighted by molar-refractivity contribution is 7.86. The molecule has 0 heterocycles. The summed E-state index contributed by atoms with van der Waals surface area (Å²) < 4.78 is 54.4. The predicted octanol–water partition coefficient (Wildman–Crippen LogP) is 0.886. The van der Waals surface area contributed by atoms with Crippen molar-refractivity contribution in [1.29, 1.82) is 0 Å². The topological polar surface area (TPSA) is 86.7 Å². The molecule has 18 heavy (non-hydrogen) atoms. The van der Waals surface area contributed by atoms with E-state index < -0.39 is 31.9 Å². The third-order valence-electron chi connectivity index (χ3n) is 2.96. The molecule has 3 atom stereocenters. The molecular weight excluding hydrogens is 280 g/mol. The molecule has 1 saturated carbocycles. The van der Waals surface area contributed by atoms with Gasteiger partial charge in [-0.1, -0.05) is 13.3 Å². The third kappa shape index (κ3) is 4.83. The lowest BCUT2D eigenvalue weighted by Crippen LogP contribution is -2.28. The van der Waals surface area contributed by atoms with Gasteiger partial charge in [-0.25, -0.2) is 0 Å². The highest BCUT2D eigenvalue weighted by Crippen LogP contribution is 2.53. The quantitative estimate of drug-likeness (QED) is 0.649. The average molecular weight is 300 g/mol. The minimum absolute atomic E-state index is 0.137. The van der Waals surface area contributed by atoms with Gasteiger partial charge in [0.15, 0.2) is 0 Å². The van der Waals surface area contributed by atoms with Crippen molar-refractivity contribution in [3.8, 4) is 0 Å². The second-order valence-corrected chi connectivity index (χ2v) is 8.15. The molecule has 0 radical (unpaired) electrons. The smallest absolute Gasteiger partial charge is 0.264 e. The molecule has 1 unspecified atom stereocenters. The van der Waals surface area contributed by atoms with Gasteiger partial charge in [0.2, 0.25) is 0 Å². The predicted molar refractivity (Wildman–Crippen MR) is 67.1 cm³/mol. The molecule has 1 aliphatic rings. The Morgan fingerprint density at radius 1 is 1.22 bits per heavy atom. The summed E-state index contributed by atoms with van der Waals surface area (Å²) in [6, 6.07) is 0. The van der Waals surface area contributed by atoms with E-state index in [-0.39, 0.29) is 12.3 Å². The van der Waals surface area contributed by atoms with Gasteiger partial charge in [-0.15, -0.1) is 0 Å². The zero-order valence-electron chi connectivity index (χ0n) is 11.0. The van der Waals surface area contributed by atoms with E-state index in [1.165, 1.54) is 0 Å². The fraction of sp³-hybridized carbons (Fsp3) is 1.00. The minimum atomic E-state index is -3.56. The summed E-state index contributed by atoms with van der Waals surface area (Å²) in [6.07, 6.45) is 3.04. The summed E-state index contributed by atoms with van der Waals surface area (Å²) in [5.74, 6) is 0.137. The molecule has 0 aromatic heterocycles. The van der Waals surface area contributed by atoms with Gasteiger partial charge >= 0.3 is 0 Å². The van der Waals surface area contributed by atoms with Crippen molar-refractivity contribution in [2.45, 2.75) is 44.8 Å². The second-order valence-electron chi connectivity index (χ2n) is 4.98. The van der Waals surface area contributed by atoms with Crippen LogP contribution in [0.5, 0.6) is 0 Å². The maximum absolute atomic E-state index is 11.2. The first-order chi connectivity index (χ1) is 7.97. The van der Waals surface area contributed by atoms with Crippen LogP contribution in [0.4, 0.5) is 0 Å². The Morgan fingerprint density at radius 2 is 1.78 bits per heavy atom. The minimum Gasteiger partial charge on any atom is -0.267 e. The van der Waals surface area contributed by atoms with Gasteiger partial charge in [-0.2, -0.15) is 16.8 Å². The van der Waals surface area contributed by atoms with Gasteiger partial charge in [0.25, 0.3) is 20.2 Å². The lowest BCUT2D eigenvalue weighted by Gasteiger charge is -2.20. The molecule has 0 aliphatic heterocycles. The van der Waals surface area contributed by atoms with Crippen molar-refractivity contribution in [2.24, 2.45) is 5.92 Å². The molecule has 0 spiro atoms. The fourth-order valence-corrected chi connectivity index (χ4v) is 3.92. The molecule has 0 bridgehead atoms. The molecule has 0 amide bonds. The molecule has 1 aliphatic carbocycles. The normalized spacial score (nSPS) is 30.1. The Kier molecular flexibility index (Phi) is 4.47. The monoisotopic (exact) mass is 300 g/mol. The van der Waals surface area contributed by atoms with Crippen LogP contribution < -0.4 is 0 Å². The number of rotatable bonds is 7. The maximum Gasteiger partial charge on any atom is 0.264 e. The molecule has 1 rings (SSSR count). The SMILES string of the molecule is CC[C@@H]1C[C@@]1(CC(C)OS(C)(=O)=O)OS(C)(=O)=O. The van der Waals surface area contributed by atoms with E-state index in [0.29, 0.717) is 6.42 Å². The molecule has 0 saturated heterocycles. The first-order valence-corrected chi connectivity index (χ1v) is 9.39. The lowest BCUT2D eigenvalue weighted by molar-refractivity contribution is 0.101. The van der Waals surface area contributed by atoms with Crippen molar-refractivity contribution in [2.75, 3.05) is 12.5 Å². The summed E-state index contributed by atoms with van der Waals surface area (Å²) in [5, 5.41) is 0. The van der Waals surface area contributed by atoms with Crippen molar-refractivity contribution in [1.82, 2.24) is 0 Å². The van der Waals surface area contributed by atoms with E-state index in [4.69, 9.17) is 8.37 Å². The van der Waals surface area contributed by atoms with Crippen LogP contribution in [0.15, 0.2) is 0 Å². The first kappa shape index (κ1) is 15.9. The van der Waals surface area contributed by atoms with Gasteiger partial charge in [-0.05, 0) is 19.3 Å². The molecule has 0 aromatic rings. The van der Waals surface area contributed by atoms with Crippen molar-refractivity contribution in [3.63, 3.8) is 0 Å². The van der Waals surface area contributed by atoms with Crippen molar-refractivity contribution >= 4 is 20.2 Å². The first-order valence-electron chi connectivity index (χ1n) is 5.76. The molecule has 6 nitrogen and oxygen atoms in total. The summed E-state index contributed by atoms with van der Waals surface area (Å²) in [7, 11) is -7.10. The molecule has 0 N–H and O–H groups in total. The van der Waals surface area contributed by atoms with Crippen LogP contribution >= 0.6 is 0 Å². The van der Waals surface area contributed by atoms with Crippen LogP contribution in [-0.2, 0) is 28.6 Å². The second kappa shape index (κ2) is 5.07. The van der Waals surface area contributed by atoms with Crippen LogP contribution in [0.1, 0.15) is 33.1 Å². The summed E-state index contributed by atoms with van der Waals surface area (Å²) in [4.78, 5) is 0. The fourth-order valence-electron chi connectivity index (χ4n) is 2.38. The van der Waals surface area contributed by atoms with Crippen LogP contribution in [0.3, 0.4) is 0 Å². The highest BCUT2D eigenvalue weighted by atomic mass is 32.2. The Morgan fingerprint density at radius 3 is 2.11 bits per heavy atom. The molecular formula is C10H20O6S2. The largest absolute Gasteiger partial charge is 0.267 e. The summed E-state index contributed by atoms with van der Waals surface area (Å²) in [5.41, 5.74) is -0.785. The van der Waals surface area contributed by atoms with Crippen LogP contribution in [0.2, 0.25) is 0 Å². The van der Waals surface area contributed by atoms with Gasteiger partial charge in [0, 0.05) is 6.42 Å². The molecule has 1 fully saturated rings. The Balaban J connectivity index is 2.71. The van der Waals surface area contributed by atoms with E-state index in [1.54, 1.807) is 6.92 Å². The van der Waals surface area contributed by atoms with Gasteiger partial charge in [0.1, 0.15) is 0 Å². The number of hydrogen-bond acceptors (Lipinski definition) is 6. The maximum atomic E-state index is 11.2. The van der Waals surface area contributed by atoms with Crippen molar-refractivity contribution in [3.05, 3.63) is 0 Å². The Hall–Kier alpha value is -0.180. The van der Waals surface area contributed by atoms with E-state index in [0.717, 1.165) is 18.9 Å². The van der Waals surface area contributed by atoms with E-state index in [1.807, 2.05) is 6.92 Å². The zero-order valence-corrected chi connectivity index (χ0v) is 12.7. The Labute approximate surface area is 109 Å². The van der Waals surface area contributed by atoms with Crippen LogP contribution in [0, 0.1) is 5.92 Å². The van der Waals surface area contributed by atoms with Crippen LogP contribution in [0.25, 0.3) is 0 Å². The van der Waals surface area contributed by atoms with E-state index >= 15 is 0 Å². The average Bonchev–Trinajstić information content (AvgIpc) is 2.70. The zero-order chi connectivity index (χ0) is 14.2. The lowest BCUT2D eigenvalue weighted by atomic mass is 10.1. The summed E-state index contributed by atoms with van der Waals surface area (Å²) >= 11 is 0. The van der Waals surface area contributed by atoms with Crippen molar-refractivity contribution < 1.29 is 25.2 Å². The van der Waals surface area contributed by atoms with E-state index in [2.05, 4.69) is 0 Å². The number of hydrogen-bond donors (Lipinski definition) is 0. The molecule has 8 heteroatoms. The molecule has 108 valence electrons. The third-order valence-corrected chi connectivity index (χ3v) is 4.27. The Bertz CT molecular complexity index is 494. The van der Waals surface area contributed by atoms with Gasteiger partial charge in [0.05, 0.1) is 24.2 Å². The molecule has 0 aromatic carbocycles. The van der Waals surface area contributed by atoms with Gasteiger partial charge < -0.3 is 0 Å². The van der Waals surface area contributed by atoms with E-state index in [9.17, 15) is 16.8 Å². The summed E-state index contributed by atoms with van der Waals surface area (Å²) in [6.45, 7) is 3.54.